The van der Waals surface area contributed by atoms with Crippen LogP contribution in [0.4, 0.5) is 5.69 Å². The molecule has 1 atom stereocenters. The third-order valence-electron chi connectivity index (χ3n) is 3.37. The van der Waals surface area contributed by atoms with Crippen molar-refractivity contribution in [3.05, 3.63) is 59.7 Å². The predicted octanol–water partition coefficient (Wildman–Crippen LogP) is 3.62. The van der Waals surface area contributed by atoms with E-state index in [4.69, 9.17) is 4.74 Å². The van der Waals surface area contributed by atoms with E-state index < -0.39 is 6.10 Å². The SMILES string of the molecule is CCCOc1ccc(C(O)c2cccc(N(C)C)c2)cc1. The summed E-state index contributed by atoms with van der Waals surface area (Å²) in [6.45, 7) is 2.79. The zero-order valence-electron chi connectivity index (χ0n) is 12.9. The highest BCUT2D eigenvalue weighted by molar-refractivity contribution is 5.49. The first-order valence-corrected chi connectivity index (χ1v) is 7.30. The Morgan fingerprint density at radius 1 is 1.05 bits per heavy atom. The minimum absolute atomic E-state index is 0.620. The van der Waals surface area contributed by atoms with Crippen molar-refractivity contribution < 1.29 is 9.84 Å². The zero-order chi connectivity index (χ0) is 15.2. The summed E-state index contributed by atoms with van der Waals surface area (Å²) in [5.74, 6) is 0.842. The third kappa shape index (κ3) is 3.99. The zero-order valence-corrected chi connectivity index (χ0v) is 12.9. The Kier molecular flexibility index (Phi) is 5.23. The first kappa shape index (κ1) is 15.4. The number of hydrogen-bond donors (Lipinski definition) is 1. The number of anilines is 1. The molecule has 0 saturated heterocycles. The van der Waals surface area contributed by atoms with Crippen LogP contribution in [0.15, 0.2) is 48.5 Å². The molecular weight excluding hydrogens is 262 g/mol. The van der Waals surface area contributed by atoms with E-state index in [9.17, 15) is 5.11 Å². The Balaban J connectivity index is 2.15. The van der Waals surface area contributed by atoms with Gasteiger partial charge >= 0.3 is 0 Å². The van der Waals surface area contributed by atoms with Gasteiger partial charge in [-0.25, -0.2) is 0 Å². The van der Waals surface area contributed by atoms with E-state index in [1.807, 2.05) is 67.5 Å². The third-order valence-corrected chi connectivity index (χ3v) is 3.37. The summed E-state index contributed by atoms with van der Waals surface area (Å²) < 4.78 is 5.56. The molecule has 0 aliphatic carbocycles. The van der Waals surface area contributed by atoms with Crippen molar-refractivity contribution >= 4 is 5.69 Å². The monoisotopic (exact) mass is 285 g/mol. The molecule has 0 saturated carbocycles. The van der Waals surface area contributed by atoms with E-state index in [1.165, 1.54) is 0 Å². The lowest BCUT2D eigenvalue weighted by atomic mass is 10.0. The lowest BCUT2D eigenvalue weighted by molar-refractivity contribution is 0.220. The van der Waals surface area contributed by atoms with Gasteiger partial charge in [0.05, 0.1) is 6.61 Å². The smallest absolute Gasteiger partial charge is 0.119 e. The van der Waals surface area contributed by atoms with Crippen LogP contribution in [0.5, 0.6) is 5.75 Å². The molecule has 1 unspecified atom stereocenters. The Morgan fingerprint density at radius 2 is 1.76 bits per heavy atom. The van der Waals surface area contributed by atoms with Crippen molar-refractivity contribution in [3.8, 4) is 5.75 Å². The summed E-state index contributed by atoms with van der Waals surface area (Å²) in [4.78, 5) is 2.03. The number of aliphatic hydroxyl groups is 1. The lowest BCUT2D eigenvalue weighted by Gasteiger charge is -2.17. The molecule has 21 heavy (non-hydrogen) atoms. The van der Waals surface area contributed by atoms with Gasteiger partial charge in [0.1, 0.15) is 11.9 Å². The summed E-state index contributed by atoms with van der Waals surface area (Å²) in [5, 5.41) is 10.5. The minimum Gasteiger partial charge on any atom is -0.494 e. The van der Waals surface area contributed by atoms with Crippen molar-refractivity contribution in [2.45, 2.75) is 19.4 Å². The maximum Gasteiger partial charge on any atom is 0.119 e. The van der Waals surface area contributed by atoms with Gasteiger partial charge in [0.15, 0.2) is 0 Å². The highest BCUT2D eigenvalue weighted by atomic mass is 16.5. The Hall–Kier alpha value is -2.00. The van der Waals surface area contributed by atoms with Gasteiger partial charge in [0.25, 0.3) is 0 Å². The molecule has 0 heterocycles. The van der Waals surface area contributed by atoms with Crippen LogP contribution in [0.1, 0.15) is 30.6 Å². The fraction of sp³-hybridized carbons (Fsp3) is 0.333. The van der Waals surface area contributed by atoms with Crippen LogP contribution in [0.25, 0.3) is 0 Å². The molecule has 0 radical (unpaired) electrons. The standard InChI is InChI=1S/C18H23NO2/c1-4-12-21-17-10-8-14(9-11-17)18(20)15-6-5-7-16(13-15)19(2)3/h5-11,13,18,20H,4,12H2,1-3H3. The average Bonchev–Trinajstić information content (AvgIpc) is 2.53. The minimum atomic E-state index is -0.620. The van der Waals surface area contributed by atoms with Crippen molar-refractivity contribution in [2.24, 2.45) is 0 Å². The molecule has 2 aromatic carbocycles. The van der Waals surface area contributed by atoms with Crippen LogP contribution >= 0.6 is 0 Å². The van der Waals surface area contributed by atoms with Crippen LogP contribution in [-0.2, 0) is 0 Å². The van der Waals surface area contributed by atoms with Crippen LogP contribution in [0, 0.1) is 0 Å². The summed E-state index contributed by atoms with van der Waals surface area (Å²) in [6.07, 6.45) is 0.368. The number of aliphatic hydroxyl groups excluding tert-OH is 1. The van der Waals surface area contributed by atoms with Gasteiger partial charge in [-0.05, 0) is 41.8 Å². The van der Waals surface area contributed by atoms with Crippen LogP contribution in [0.3, 0.4) is 0 Å². The van der Waals surface area contributed by atoms with Crippen LogP contribution in [0.2, 0.25) is 0 Å². The van der Waals surface area contributed by atoms with Gasteiger partial charge in [-0.3, -0.25) is 0 Å². The number of benzene rings is 2. The number of rotatable bonds is 6. The molecule has 2 rings (SSSR count). The van der Waals surface area contributed by atoms with E-state index in [0.717, 1.165) is 29.0 Å². The second-order valence-electron chi connectivity index (χ2n) is 5.31. The summed E-state index contributed by atoms with van der Waals surface area (Å²) in [7, 11) is 3.98. The highest BCUT2D eigenvalue weighted by Crippen LogP contribution is 2.26. The van der Waals surface area contributed by atoms with E-state index in [2.05, 4.69) is 6.92 Å². The quantitative estimate of drug-likeness (QED) is 0.880. The second kappa shape index (κ2) is 7.14. The van der Waals surface area contributed by atoms with E-state index >= 15 is 0 Å². The Morgan fingerprint density at radius 3 is 2.38 bits per heavy atom. The molecular formula is C18H23NO2. The Bertz CT molecular complexity index is 564. The molecule has 112 valence electrons. The van der Waals surface area contributed by atoms with E-state index in [0.29, 0.717) is 6.61 Å². The van der Waals surface area contributed by atoms with Gasteiger partial charge in [-0.2, -0.15) is 0 Å². The maximum atomic E-state index is 10.5. The number of hydrogen-bond acceptors (Lipinski definition) is 3. The first-order chi connectivity index (χ1) is 10.1. The topological polar surface area (TPSA) is 32.7 Å². The predicted molar refractivity (Wildman–Crippen MR) is 87.1 cm³/mol. The van der Waals surface area contributed by atoms with Crippen molar-refractivity contribution in [1.82, 2.24) is 0 Å². The van der Waals surface area contributed by atoms with Crippen LogP contribution in [-0.4, -0.2) is 25.8 Å². The fourth-order valence-corrected chi connectivity index (χ4v) is 2.13. The fourth-order valence-electron chi connectivity index (χ4n) is 2.13. The average molecular weight is 285 g/mol. The number of ether oxygens (including phenoxy) is 1. The summed E-state index contributed by atoms with van der Waals surface area (Å²) in [6, 6.07) is 15.6. The molecule has 2 aromatic rings. The molecule has 3 nitrogen and oxygen atoms in total. The van der Waals surface area contributed by atoms with Gasteiger partial charge < -0.3 is 14.7 Å². The van der Waals surface area contributed by atoms with Gasteiger partial charge in [0, 0.05) is 19.8 Å². The molecule has 0 aliphatic heterocycles. The largest absolute Gasteiger partial charge is 0.494 e. The summed E-state index contributed by atoms with van der Waals surface area (Å²) >= 11 is 0. The van der Waals surface area contributed by atoms with Gasteiger partial charge in [-0.15, -0.1) is 0 Å². The molecule has 0 bridgehead atoms. The van der Waals surface area contributed by atoms with Gasteiger partial charge in [-0.1, -0.05) is 31.2 Å². The molecule has 0 aliphatic rings. The van der Waals surface area contributed by atoms with Crippen LogP contribution < -0.4 is 9.64 Å². The van der Waals surface area contributed by atoms with Gasteiger partial charge in [0.2, 0.25) is 0 Å². The molecule has 0 aromatic heterocycles. The maximum absolute atomic E-state index is 10.5. The second-order valence-corrected chi connectivity index (χ2v) is 5.31. The highest BCUT2D eigenvalue weighted by Gasteiger charge is 2.11. The molecule has 3 heteroatoms. The molecule has 0 amide bonds. The lowest BCUT2D eigenvalue weighted by Crippen LogP contribution is -2.09. The normalized spacial score (nSPS) is 12.0. The first-order valence-electron chi connectivity index (χ1n) is 7.30. The molecule has 0 fully saturated rings. The van der Waals surface area contributed by atoms with Crippen molar-refractivity contribution in [2.75, 3.05) is 25.6 Å². The molecule has 1 N–H and O–H groups in total. The Labute approximate surface area is 126 Å². The molecule has 0 spiro atoms. The van der Waals surface area contributed by atoms with Crippen molar-refractivity contribution in [3.63, 3.8) is 0 Å². The van der Waals surface area contributed by atoms with E-state index in [1.54, 1.807) is 0 Å². The number of nitrogens with zero attached hydrogens (tertiary/aromatic N) is 1. The van der Waals surface area contributed by atoms with Crippen molar-refractivity contribution in [1.29, 1.82) is 0 Å². The summed E-state index contributed by atoms with van der Waals surface area (Å²) in [5.41, 5.74) is 2.84. The van der Waals surface area contributed by atoms with E-state index in [-0.39, 0.29) is 0 Å².